The Labute approximate surface area is 99.3 Å². The number of anilines is 1. The summed E-state index contributed by atoms with van der Waals surface area (Å²) < 4.78 is 37.8. The smallest absolute Gasteiger partial charge is 0.370 e. The van der Waals surface area contributed by atoms with Crippen LogP contribution in [0, 0.1) is 0 Å². The molecule has 0 aliphatic carbocycles. The van der Waals surface area contributed by atoms with Crippen molar-refractivity contribution in [2.45, 2.75) is 11.5 Å². The molecule has 1 atom stereocenters. The maximum Gasteiger partial charge on any atom is 0.370 e. The third-order valence-electron chi connectivity index (χ3n) is 2.09. The summed E-state index contributed by atoms with van der Waals surface area (Å²) in [7, 11) is 0. The Hall–Kier alpha value is -1.41. The van der Waals surface area contributed by atoms with Gasteiger partial charge in [-0.25, -0.2) is 15.3 Å². The summed E-state index contributed by atoms with van der Waals surface area (Å²) in [5.41, 5.74) is 8.78. The van der Waals surface area contributed by atoms with E-state index in [1.807, 2.05) is 0 Å². The van der Waals surface area contributed by atoms with Gasteiger partial charge in [0.2, 0.25) is 0 Å². The molecule has 1 unspecified atom stereocenters. The first-order valence-electron chi connectivity index (χ1n) is 4.56. The summed E-state index contributed by atoms with van der Waals surface area (Å²) >= 11 is -1.10. The van der Waals surface area contributed by atoms with E-state index >= 15 is 0 Å². The summed E-state index contributed by atoms with van der Waals surface area (Å²) in [6.07, 6.45) is -1.88. The molecule has 0 fully saturated rings. The third kappa shape index (κ3) is 2.47. The second-order valence-corrected chi connectivity index (χ2v) is 4.01. The van der Waals surface area contributed by atoms with Crippen molar-refractivity contribution < 1.29 is 17.5 Å². The number of aliphatic imine (C=N–C) groups is 1. The lowest BCUT2D eigenvalue weighted by Gasteiger charge is -2.13. The minimum atomic E-state index is -3.72. The Kier molecular flexibility index (Phi) is 3.16. The van der Waals surface area contributed by atoms with Crippen LogP contribution in [-0.2, 0) is 4.84 Å². The van der Waals surface area contributed by atoms with Crippen LogP contribution in [0.1, 0.15) is 5.56 Å². The van der Waals surface area contributed by atoms with Gasteiger partial charge in [0.15, 0.2) is 5.84 Å². The Morgan fingerprint density at radius 3 is 2.59 bits per heavy atom. The Balaban J connectivity index is 2.19. The Bertz CT molecular complexity index is 438. The van der Waals surface area contributed by atoms with Crippen molar-refractivity contribution in [3.05, 3.63) is 29.8 Å². The molecule has 4 nitrogen and oxygen atoms in total. The maximum atomic E-state index is 12.9. The molecule has 0 amide bonds. The molecule has 1 aliphatic heterocycles. The van der Waals surface area contributed by atoms with Gasteiger partial charge in [0.25, 0.3) is 6.23 Å². The lowest BCUT2D eigenvalue weighted by molar-refractivity contribution is -0.0828. The van der Waals surface area contributed by atoms with Gasteiger partial charge in [-0.2, -0.15) is 12.7 Å². The monoisotopic (exact) mass is 263 g/mol. The SMILES string of the molecule is Nc1ccc(C2=NC(C(F)(F)SF)ON2)cc1. The van der Waals surface area contributed by atoms with Crippen LogP contribution >= 0.6 is 12.1 Å². The van der Waals surface area contributed by atoms with E-state index in [9.17, 15) is 12.7 Å². The van der Waals surface area contributed by atoms with E-state index in [-0.39, 0.29) is 5.84 Å². The van der Waals surface area contributed by atoms with Crippen LogP contribution < -0.4 is 11.2 Å². The highest BCUT2D eigenvalue weighted by atomic mass is 32.2. The molecule has 8 heteroatoms. The molecule has 2 rings (SSSR count). The molecule has 0 radical (unpaired) electrons. The highest BCUT2D eigenvalue weighted by molar-refractivity contribution is 7.95. The van der Waals surface area contributed by atoms with Crippen molar-refractivity contribution in [2.24, 2.45) is 4.99 Å². The van der Waals surface area contributed by atoms with Crippen molar-refractivity contribution >= 4 is 23.7 Å². The number of rotatable bonds is 3. The first kappa shape index (κ1) is 12.1. The van der Waals surface area contributed by atoms with Gasteiger partial charge < -0.3 is 5.73 Å². The van der Waals surface area contributed by atoms with Gasteiger partial charge in [-0.3, -0.25) is 0 Å². The van der Waals surface area contributed by atoms with E-state index in [1.165, 1.54) is 0 Å². The molecule has 17 heavy (non-hydrogen) atoms. The van der Waals surface area contributed by atoms with E-state index in [0.717, 1.165) is 0 Å². The second kappa shape index (κ2) is 4.46. The standard InChI is InChI=1S/C9H8F3N3OS/c10-9(11,17-12)8-14-7(15-16-8)5-1-3-6(13)4-2-5/h1-4,8H,13H2,(H,14,15). The third-order valence-corrected chi connectivity index (χ3v) is 2.50. The number of hydroxylamine groups is 1. The van der Waals surface area contributed by atoms with Gasteiger partial charge in [0.05, 0.1) is 0 Å². The average Bonchev–Trinajstić information content (AvgIpc) is 2.80. The van der Waals surface area contributed by atoms with E-state index in [0.29, 0.717) is 11.3 Å². The van der Waals surface area contributed by atoms with Gasteiger partial charge in [-0.1, -0.05) is 0 Å². The number of nitrogens with zero attached hydrogens (tertiary/aromatic N) is 1. The van der Waals surface area contributed by atoms with E-state index in [2.05, 4.69) is 15.3 Å². The number of hydrogen-bond acceptors (Lipinski definition) is 5. The van der Waals surface area contributed by atoms with Crippen LogP contribution in [0.15, 0.2) is 29.3 Å². The topological polar surface area (TPSA) is 59.6 Å². The maximum absolute atomic E-state index is 12.9. The largest absolute Gasteiger partial charge is 0.399 e. The van der Waals surface area contributed by atoms with Crippen molar-refractivity contribution in [1.29, 1.82) is 0 Å². The van der Waals surface area contributed by atoms with E-state index < -0.39 is 23.6 Å². The normalized spacial score (nSPS) is 19.9. The summed E-state index contributed by atoms with van der Waals surface area (Å²) in [6.45, 7) is 0. The summed E-state index contributed by atoms with van der Waals surface area (Å²) in [4.78, 5) is 8.07. The summed E-state index contributed by atoms with van der Waals surface area (Å²) in [5.74, 6) is 0.115. The average molecular weight is 263 g/mol. The fraction of sp³-hybridized carbons (Fsp3) is 0.222. The number of nitrogens with one attached hydrogen (secondary N) is 1. The molecule has 0 saturated carbocycles. The molecule has 1 aliphatic rings. The number of hydrogen-bond donors (Lipinski definition) is 2. The number of alkyl halides is 2. The molecule has 0 saturated heterocycles. The van der Waals surface area contributed by atoms with Crippen LogP contribution in [0.25, 0.3) is 0 Å². The van der Waals surface area contributed by atoms with Crippen molar-refractivity contribution in [3.8, 4) is 0 Å². The Morgan fingerprint density at radius 2 is 2.00 bits per heavy atom. The second-order valence-electron chi connectivity index (χ2n) is 3.31. The van der Waals surface area contributed by atoms with E-state index in [1.54, 1.807) is 24.3 Å². The van der Waals surface area contributed by atoms with Crippen LogP contribution in [-0.4, -0.2) is 17.3 Å². The van der Waals surface area contributed by atoms with Gasteiger partial charge in [-0.05, 0) is 24.3 Å². The first-order chi connectivity index (χ1) is 8.03. The zero-order valence-electron chi connectivity index (χ0n) is 8.36. The summed E-state index contributed by atoms with van der Waals surface area (Å²) in [6, 6.07) is 6.37. The Morgan fingerprint density at radius 1 is 1.35 bits per heavy atom. The zero-order valence-corrected chi connectivity index (χ0v) is 9.18. The minimum Gasteiger partial charge on any atom is -0.399 e. The van der Waals surface area contributed by atoms with Crippen molar-refractivity contribution in [3.63, 3.8) is 0 Å². The first-order valence-corrected chi connectivity index (χ1v) is 5.27. The number of halogens is 3. The molecular formula is C9H8F3N3OS. The van der Waals surface area contributed by atoms with Gasteiger partial charge >= 0.3 is 5.25 Å². The minimum absolute atomic E-state index is 0.115. The predicted molar refractivity (Wildman–Crippen MR) is 59.0 cm³/mol. The quantitative estimate of drug-likeness (QED) is 0.820. The molecule has 1 aromatic carbocycles. The molecule has 0 aromatic heterocycles. The number of nitrogens with two attached hydrogens (primary N) is 1. The molecule has 3 N–H and O–H groups in total. The molecular weight excluding hydrogens is 255 g/mol. The molecule has 1 heterocycles. The fourth-order valence-corrected chi connectivity index (χ4v) is 1.41. The molecule has 1 aromatic rings. The molecule has 0 spiro atoms. The number of nitrogen functional groups attached to an aromatic ring is 1. The zero-order chi connectivity index (χ0) is 12.5. The molecule has 0 bridgehead atoms. The fourth-order valence-electron chi connectivity index (χ4n) is 1.24. The predicted octanol–water partition coefficient (Wildman–Crippen LogP) is 2.09. The van der Waals surface area contributed by atoms with Crippen LogP contribution in [0.5, 0.6) is 0 Å². The van der Waals surface area contributed by atoms with Gasteiger partial charge in [-0.15, -0.1) is 0 Å². The molecule has 92 valence electrons. The lowest BCUT2D eigenvalue weighted by atomic mass is 10.2. The van der Waals surface area contributed by atoms with Gasteiger partial charge in [0.1, 0.15) is 12.1 Å². The lowest BCUT2D eigenvalue weighted by Crippen LogP contribution is -2.30. The summed E-state index contributed by atoms with van der Waals surface area (Å²) in [5, 5.41) is -3.72. The van der Waals surface area contributed by atoms with Crippen molar-refractivity contribution in [1.82, 2.24) is 5.48 Å². The highest BCUT2D eigenvalue weighted by Gasteiger charge is 2.46. The highest BCUT2D eigenvalue weighted by Crippen LogP contribution is 2.36. The van der Waals surface area contributed by atoms with E-state index in [4.69, 9.17) is 5.73 Å². The van der Waals surface area contributed by atoms with Crippen LogP contribution in [0.2, 0.25) is 0 Å². The van der Waals surface area contributed by atoms with Gasteiger partial charge in [0, 0.05) is 11.3 Å². The van der Waals surface area contributed by atoms with Crippen molar-refractivity contribution in [2.75, 3.05) is 5.73 Å². The number of benzene rings is 1. The van der Waals surface area contributed by atoms with Crippen LogP contribution in [0.4, 0.5) is 18.4 Å². The van der Waals surface area contributed by atoms with Crippen LogP contribution in [0.3, 0.4) is 0 Å². The number of amidine groups is 1.